The Balaban J connectivity index is 1.56. The number of aryl methyl sites for hydroxylation is 1. The third kappa shape index (κ3) is 3.78. The number of hydrogen-bond donors (Lipinski definition) is 1. The molecule has 2 rings (SSSR count). The van der Waals surface area contributed by atoms with Gasteiger partial charge in [0.1, 0.15) is 0 Å². The molecule has 0 bridgehead atoms. The first-order valence-corrected chi connectivity index (χ1v) is 7.01. The SMILES string of the molecule is c1csc(CCCNCc2ccsc2)c1. The molecule has 0 aliphatic heterocycles. The number of nitrogens with one attached hydrogen (secondary N) is 1. The molecule has 0 aromatic carbocycles. The molecule has 0 aliphatic rings. The molecule has 80 valence electrons. The third-order valence-corrected chi connectivity index (χ3v) is 3.93. The molecule has 0 atom stereocenters. The number of rotatable bonds is 6. The molecular weight excluding hydrogens is 222 g/mol. The Morgan fingerprint density at radius 1 is 1.20 bits per heavy atom. The van der Waals surface area contributed by atoms with Gasteiger partial charge in [0.15, 0.2) is 0 Å². The standard InChI is InChI=1S/C12H15NS2/c1(3-12-4-2-7-15-12)6-13-9-11-5-8-14-10-11/h2,4-5,7-8,10,13H,1,3,6,9H2. The predicted molar refractivity (Wildman–Crippen MR) is 68.7 cm³/mol. The minimum Gasteiger partial charge on any atom is -0.313 e. The average molecular weight is 237 g/mol. The van der Waals surface area contributed by atoms with Gasteiger partial charge in [-0.2, -0.15) is 11.3 Å². The topological polar surface area (TPSA) is 12.0 Å². The fourth-order valence-corrected chi connectivity index (χ4v) is 2.89. The summed E-state index contributed by atoms with van der Waals surface area (Å²) in [4.78, 5) is 1.49. The van der Waals surface area contributed by atoms with Gasteiger partial charge in [0.2, 0.25) is 0 Å². The normalized spacial score (nSPS) is 10.7. The van der Waals surface area contributed by atoms with Gasteiger partial charge >= 0.3 is 0 Å². The Labute approximate surface area is 98.8 Å². The fraction of sp³-hybridized carbons (Fsp3) is 0.333. The summed E-state index contributed by atoms with van der Waals surface area (Å²) in [6.45, 7) is 2.11. The van der Waals surface area contributed by atoms with E-state index in [2.05, 4.69) is 39.7 Å². The van der Waals surface area contributed by atoms with E-state index in [0.717, 1.165) is 13.1 Å². The molecule has 0 saturated carbocycles. The summed E-state index contributed by atoms with van der Waals surface area (Å²) in [5.74, 6) is 0. The van der Waals surface area contributed by atoms with Crippen LogP contribution in [0, 0.1) is 0 Å². The van der Waals surface area contributed by atoms with Crippen molar-refractivity contribution in [3.63, 3.8) is 0 Å². The first-order chi connectivity index (χ1) is 7.45. The molecular formula is C12H15NS2. The molecule has 0 amide bonds. The Morgan fingerprint density at radius 3 is 2.93 bits per heavy atom. The molecule has 0 radical (unpaired) electrons. The fourth-order valence-electron chi connectivity index (χ4n) is 1.47. The van der Waals surface area contributed by atoms with E-state index in [-0.39, 0.29) is 0 Å². The molecule has 3 heteroatoms. The molecule has 0 unspecified atom stereocenters. The van der Waals surface area contributed by atoms with Crippen molar-refractivity contribution in [1.82, 2.24) is 5.32 Å². The highest BCUT2D eigenvalue weighted by Gasteiger charge is 1.94. The Bertz CT molecular complexity index is 315. The largest absolute Gasteiger partial charge is 0.313 e. The van der Waals surface area contributed by atoms with Crippen molar-refractivity contribution < 1.29 is 0 Å². The van der Waals surface area contributed by atoms with E-state index >= 15 is 0 Å². The van der Waals surface area contributed by atoms with Gasteiger partial charge in [-0.05, 0) is 53.2 Å². The maximum Gasteiger partial charge on any atom is 0.0213 e. The Morgan fingerprint density at radius 2 is 2.20 bits per heavy atom. The van der Waals surface area contributed by atoms with Gasteiger partial charge < -0.3 is 5.32 Å². The van der Waals surface area contributed by atoms with E-state index in [0.29, 0.717) is 0 Å². The first-order valence-electron chi connectivity index (χ1n) is 5.19. The van der Waals surface area contributed by atoms with Crippen LogP contribution < -0.4 is 5.32 Å². The molecule has 0 aliphatic carbocycles. The van der Waals surface area contributed by atoms with Crippen molar-refractivity contribution in [1.29, 1.82) is 0 Å². The van der Waals surface area contributed by atoms with Gasteiger partial charge in [-0.3, -0.25) is 0 Å². The van der Waals surface area contributed by atoms with Crippen molar-refractivity contribution in [2.24, 2.45) is 0 Å². The second kappa shape index (κ2) is 6.05. The maximum absolute atomic E-state index is 3.46. The summed E-state index contributed by atoms with van der Waals surface area (Å²) in [7, 11) is 0. The molecule has 15 heavy (non-hydrogen) atoms. The van der Waals surface area contributed by atoms with Crippen LogP contribution in [-0.2, 0) is 13.0 Å². The zero-order valence-electron chi connectivity index (χ0n) is 8.61. The van der Waals surface area contributed by atoms with E-state index in [9.17, 15) is 0 Å². The van der Waals surface area contributed by atoms with Gasteiger partial charge in [-0.15, -0.1) is 11.3 Å². The van der Waals surface area contributed by atoms with Crippen LogP contribution in [0.1, 0.15) is 16.9 Å². The second-order valence-corrected chi connectivity index (χ2v) is 5.30. The van der Waals surface area contributed by atoms with Gasteiger partial charge in [-0.1, -0.05) is 6.07 Å². The summed E-state index contributed by atoms with van der Waals surface area (Å²) in [5.41, 5.74) is 1.40. The number of hydrogen-bond acceptors (Lipinski definition) is 3. The van der Waals surface area contributed by atoms with E-state index in [1.165, 1.54) is 23.3 Å². The lowest BCUT2D eigenvalue weighted by atomic mass is 10.2. The quantitative estimate of drug-likeness (QED) is 0.758. The Kier molecular flexibility index (Phi) is 4.39. The summed E-state index contributed by atoms with van der Waals surface area (Å²) < 4.78 is 0. The van der Waals surface area contributed by atoms with Crippen LogP contribution in [0.15, 0.2) is 34.3 Å². The van der Waals surface area contributed by atoms with Crippen LogP contribution in [0.3, 0.4) is 0 Å². The Hall–Kier alpha value is -0.640. The van der Waals surface area contributed by atoms with Crippen molar-refractivity contribution in [2.75, 3.05) is 6.54 Å². The monoisotopic (exact) mass is 237 g/mol. The van der Waals surface area contributed by atoms with E-state index < -0.39 is 0 Å². The minimum absolute atomic E-state index is 1.01. The highest BCUT2D eigenvalue weighted by Crippen LogP contribution is 2.10. The summed E-state index contributed by atoms with van der Waals surface area (Å²) >= 11 is 3.62. The minimum atomic E-state index is 1.01. The van der Waals surface area contributed by atoms with Crippen molar-refractivity contribution in [3.05, 3.63) is 44.8 Å². The first kappa shape index (κ1) is 10.9. The van der Waals surface area contributed by atoms with E-state index in [4.69, 9.17) is 0 Å². The van der Waals surface area contributed by atoms with E-state index in [1.54, 1.807) is 11.3 Å². The molecule has 0 saturated heterocycles. The van der Waals surface area contributed by atoms with Crippen LogP contribution in [0.5, 0.6) is 0 Å². The van der Waals surface area contributed by atoms with Crippen LogP contribution in [0.4, 0.5) is 0 Å². The van der Waals surface area contributed by atoms with Crippen LogP contribution >= 0.6 is 22.7 Å². The van der Waals surface area contributed by atoms with Crippen LogP contribution in [0.25, 0.3) is 0 Å². The summed E-state index contributed by atoms with van der Waals surface area (Å²) in [6, 6.07) is 6.51. The molecule has 2 aromatic heterocycles. The van der Waals surface area contributed by atoms with Gasteiger partial charge in [0, 0.05) is 11.4 Å². The van der Waals surface area contributed by atoms with Crippen molar-refractivity contribution >= 4 is 22.7 Å². The van der Waals surface area contributed by atoms with Gasteiger partial charge in [0.05, 0.1) is 0 Å². The lowest BCUT2D eigenvalue weighted by Crippen LogP contribution is -2.14. The van der Waals surface area contributed by atoms with Crippen molar-refractivity contribution in [2.45, 2.75) is 19.4 Å². The maximum atomic E-state index is 3.46. The predicted octanol–water partition coefficient (Wildman–Crippen LogP) is 3.53. The summed E-state index contributed by atoms with van der Waals surface area (Å²) in [5, 5.41) is 9.94. The third-order valence-electron chi connectivity index (χ3n) is 2.27. The van der Waals surface area contributed by atoms with Crippen LogP contribution in [0.2, 0.25) is 0 Å². The molecule has 2 aromatic rings. The molecule has 0 fully saturated rings. The molecule has 1 nitrogen and oxygen atoms in total. The van der Waals surface area contributed by atoms with Gasteiger partial charge in [0.25, 0.3) is 0 Å². The number of thiophene rings is 2. The lowest BCUT2D eigenvalue weighted by molar-refractivity contribution is 0.653. The molecule has 0 spiro atoms. The summed E-state index contributed by atoms with van der Waals surface area (Å²) in [6.07, 6.45) is 2.43. The average Bonchev–Trinajstić information content (AvgIpc) is 2.88. The highest BCUT2D eigenvalue weighted by atomic mass is 32.1. The van der Waals surface area contributed by atoms with Crippen molar-refractivity contribution in [3.8, 4) is 0 Å². The smallest absolute Gasteiger partial charge is 0.0213 e. The zero-order chi connectivity index (χ0) is 10.3. The van der Waals surface area contributed by atoms with Crippen LogP contribution in [-0.4, -0.2) is 6.54 Å². The zero-order valence-corrected chi connectivity index (χ0v) is 10.2. The van der Waals surface area contributed by atoms with E-state index in [1.807, 2.05) is 11.3 Å². The second-order valence-electron chi connectivity index (χ2n) is 3.49. The lowest BCUT2D eigenvalue weighted by Gasteiger charge is -2.01. The highest BCUT2D eigenvalue weighted by molar-refractivity contribution is 7.09. The molecule has 2 heterocycles. The van der Waals surface area contributed by atoms with Gasteiger partial charge in [-0.25, -0.2) is 0 Å². The molecule has 1 N–H and O–H groups in total.